The van der Waals surface area contributed by atoms with Crippen LogP contribution in [0.3, 0.4) is 0 Å². The Morgan fingerprint density at radius 2 is 2.04 bits per heavy atom. The first-order valence-corrected chi connectivity index (χ1v) is 7.97. The minimum Gasteiger partial charge on any atom is -0.351 e. The lowest BCUT2D eigenvalue weighted by atomic mass is 9.99. The molecular formula is C16H21FN4O2. The summed E-state index contributed by atoms with van der Waals surface area (Å²) in [6, 6.07) is 2.78. The minimum absolute atomic E-state index is 0.0419. The maximum absolute atomic E-state index is 14.1. The van der Waals surface area contributed by atoms with Crippen molar-refractivity contribution < 1.29 is 14.0 Å². The predicted molar refractivity (Wildman–Crippen MR) is 85.0 cm³/mol. The van der Waals surface area contributed by atoms with Crippen LogP contribution in [0.1, 0.15) is 22.3 Å². The zero-order valence-corrected chi connectivity index (χ0v) is 13.0. The van der Waals surface area contributed by atoms with Crippen LogP contribution in [0.4, 0.5) is 10.1 Å². The first kappa shape index (κ1) is 15.9. The van der Waals surface area contributed by atoms with Crippen LogP contribution in [0, 0.1) is 5.82 Å². The van der Waals surface area contributed by atoms with E-state index in [1.165, 1.54) is 6.07 Å². The molecular weight excluding hydrogens is 299 g/mol. The van der Waals surface area contributed by atoms with Gasteiger partial charge in [0.05, 0.1) is 5.56 Å². The highest BCUT2D eigenvalue weighted by Gasteiger charge is 2.20. The van der Waals surface area contributed by atoms with Crippen molar-refractivity contribution >= 4 is 17.5 Å². The standard InChI is InChI=1S/C16H21FN4O2/c17-13-10-14-11(1-2-15(22)20-14)9-12(13)16(23)19-5-8-21-6-3-18-4-7-21/h9-10,18H,1-8H2,(H,19,23)(H,20,22). The number of carbonyl (C=O) groups is 2. The summed E-state index contributed by atoms with van der Waals surface area (Å²) in [4.78, 5) is 25.8. The maximum atomic E-state index is 14.1. The van der Waals surface area contributed by atoms with E-state index in [1.54, 1.807) is 6.07 Å². The molecule has 0 aliphatic carbocycles. The van der Waals surface area contributed by atoms with Gasteiger partial charge in [-0.1, -0.05) is 0 Å². The van der Waals surface area contributed by atoms with Gasteiger partial charge in [0, 0.05) is 51.4 Å². The number of aryl methyl sites for hydroxylation is 1. The summed E-state index contributed by atoms with van der Waals surface area (Å²) in [5, 5.41) is 8.67. The first-order valence-electron chi connectivity index (χ1n) is 7.97. The van der Waals surface area contributed by atoms with Crippen LogP contribution in [0.15, 0.2) is 12.1 Å². The number of piperazine rings is 1. The molecule has 0 aromatic heterocycles. The molecule has 23 heavy (non-hydrogen) atoms. The Balaban J connectivity index is 1.59. The van der Waals surface area contributed by atoms with Gasteiger partial charge in [-0.2, -0.15) is 0 Å². The Morgan fingerprint density at radius 3 is 2.83 bits per heavy atom. The van der Waals surface area contributed by atoms with E-state index in [-0.39, 0.29) is 11.5 Å². The van der Waals surface area contributed by atoms with Crippen LogP contribution in [-0.2, 0) is 11.2 Å². The number of hydrogen-bond acceptors (Lipinski definition) is 4. The Morgan fingerprint density at radius 1 is 1.26 bits per heavy atom. The molecule has 6 nitrogen and oxygen atoms in total. The summed E-state index contributed by atoms with van der Waals surface area (Å²) >= 11 is 0. The van der Waals surface area contributed by atoms with E-state index >= 15 is 0 Å². The van der Waals surface area contributed by atoms with Crippen LogP contribution in [0.2, 0.25) is 0 Å². The third kappa shape index (κ3) is 3.86. The molecule has 2 aliphatic heterocycles. The molecule has 3 rings (SSSR count). The topological polar surface area (TPSA) is 73.5 Å². The average Bonchev–Trinajstić information content (AvgIpc) is 2.55. The van der Waals surface area contributed by atoms with E-state index in [1.807, 2.05) is 0 Å². The number of benzene rings is 1. The van der Waals surface area contributed by atoms with Crippen molar-refractivity contribution in [3.63, 3.8) is 0 Å². The van der Waals surface area contributed by atoms with Crippen molar-refractivity contribution in [3.05, 3.63) is 29.1 Å². The van der Waals surface area contributed by atoms with Crippen molar-refractivity contribution in [1.82, 2.24) is 15.5 Å². The van der Waals surface area contributed by atoms with E-state index in [0.717, 1.165) is 38.3 Å². The maximum Gasteiger partial charge on any atom is 0.254 e. The van der Waals surface area contributed by atoms with E-state index < -0.39 is 11.7 Å². The number of halogens is 1. The largest absolute Gasteiger partial charge is 0.351 e. The van der Waals surface area contributed by atoms with E-state index in [4.69, 9.17) is 0 Å². The molecule has 1 aromatic carbocycles. The lowest BCUT2D eigenvalue weighted by Gasteiger charge is -2.27. The number of fused-ring (bicyclic) bond motifs is 1. The minimum atomic E-state index is -0.606. The first-order chi connectivity index (χ1) is 11.1. The molecule has 124 valence electrons. The molecule has 2 aliphatic rings. The number of nitrogens with zero attached hydrogens (tertiary/aromatic N) is 1. The summed E-state index contributed by atoms with van der Waals surface area (Å²) in [7, 11) is 0. The zero-order valence-electron chi connectivity index (χ0n) is 13.0. The third-order valence-electron chi connectivity index (χ3n) is 4.26. The number of hydrogen-bond donors (Lipinski definition) is 3. The highest BCUT2D eigenvalue weighted by atomic mass is 19.1. The van der Waals surface area contributed by atoms with Crippen LogP contribution < -0.4 is 16.0 Å². The summed E-state index contributed by atoms with van der Waals surface area (Å²) in [6.07, 6.45) is 0.894. The highest BCUT2D eigenvalue weighted by Crippen LogP contribution is 2.25. The molecule has 1 fully saturated rings. The van der Waals surface area contributed by atoms with Crippen LogP contribution in [0.25, 0.3) is 0 Å². The van der Waals surface area contributed by atoms with Gasteiger partial charge >= 0.3 is 0 Å². The Hall–Kier alpha value is -1.99. The van der Waals surface area contributed by atoms with Gasteiger partial charge in [-0.25, -0.2) is 4.39 Å². The molecule has 0 bridgehead atoms. The Kier molecular flexibility index (Phi) is 4.88. The predicted octanol–water partition coefficient (Wildman–Crippen LogP) is 0.345. The zero-order chi connectivity index (χ0) is 16.2. The van der Waals surface area contributed by atoms with Crippen LogP contribution in [-0.4, -0.2) is 56.0 Å². The van der Waals surface area contributed by atoms with Crippen molar-refractivity contribution in [2.24, 2.45) is 0 Å². The summed E-state index contributed by atoms with van der Waals surface area (Å²) in [5.41, 5.74) is 1.31. The van der Waals surface area contributed by atoms with Gasteiger partial charge in [0.2, 0.25) is 5.91 Å². The number of carbonyl (C=O) groups excluding carboxylic acids is 2. The lowest BCUT2D eigenvalue weighted by Crippen LogP contribution is -2.46. The van der Waals surface area contributed by atoms with Crippen molar-refractivity contribution in [1.29, 1.82) is 0 Å². The number of amides is 2. The summed E-state index contributed by atoms with van der Waals surface area (Å²) in [6.45, 7) is 5.09. The summed E-state index contributed by atoms with van der Waals surface area (Å²) < 4.78 is 14.1. The van der Waals surface area contributed by atoms with Crippen molar-refractivity contribution in [2.45, 2.75) is 12.8 Å². The highest BCUT2D eigenvalue weighted by molar-refractivity contribution is 5.98. The quantitative estimate of drug-likeness (QED) is 0.748. The van der Waals surface area contributed by atoms with Gasteiger partial charge < -0.3 is 16.0 Å². The fraction of sp³-hybridized carbons (Fsp3) is 0.500. The van der Waals surface area contributed by atoms with E-state index in [9.17, 15) is 14.0 Å². The van der Waals surface area contributed by atoms with Crippen molar-refractivity contribution in [2.75, 3.05) is 44.6 Å². The van der Waals surface area contributed by atoms with Gasteiger partial charge in [0.1, 0.15) is 5.82 Å². The normalized spacial score (nSPS) is 18.2. The Bertz CT molecular complexity index is 614. The van der Waals surface area contributed by atoms with Crippen LogP contribution in [0.5, 0.6) is 0 Å². The van der Waals surface area contributed by atoms with Crippen molar-refractivity contribution in [3.8, 4) is 0 Å². The second-order valence-corrected chi connectivity index (χ2v) is 5.88. The Labute approximate surface area is 134 Å². The molecule has 0 atom stereocenters. The van der Waals surface area contributed by atoms with E-state index in [0.29, 0.717) is 25.1 Å². The molecule has 2 heterocycles. The summed E-state index contributed by atoms with van der Waals surface area (Å²) in [5.74, 6) is -1.13. The van der Waals surface area contributed by atoms with Gasteiger partial charge in [-0.3, -0.25) is 14.5 Å². The number of nitrogens with one attached hydrogen (secondary N) is 3. The molecule has 2 amide bonds. The SMILES string of the molecule is O=C1CCc2cc(C(=O)NCCN3CCNCC3)c(F)cc2N1. The van der Waals surface area contributed by atoms with Gasteiger partial charge in [-0.15, -0.1) is 0 Å². The lowest BCUT2D eigenvalue weighted by molar-refractivity contribution is -0.116. The molecule has 0 unspecified atom stereocenters. The van der Waals surface area contributed by atoms with Gasteiger partial charge in [-0.05, 0) is 24.1 Å². The monoisotopic (exact) mass is 320 g/mol. The van der Waals surface area contributed by atoms with E-state index in [2.05, 4.69) is 20.9 Å². The fourth-order valence-corrected chi connectivity index (χ4v) is 2.93. The molecule has 0 spiro atoms. The fourth-order valence-electron chi connectivity index (χ4n) is 2.93. The third-order valence-corrected chi connectivity index (χ3v) is 4.26. The second-order valence-electron chi connectivity index (χ2n) is 5.88. The molecule has 1 saturated heterocycles. The molecule has 1 aromatic rings. The number of rotatable bonds is 4. The number of anilines is 1. The van der Waals surface area contributed by atoms with Gasteiger partial charge in [0.25, 0.3) is 5.91 Å². The van der Waals surface area contributed by atoms with Crippen LogP contribution >= 0.6 is 0 Å². The smallest absolute Gasteiger partial charge is 0.254 e. The molecule has 0 radical (unpaired) electrons. The molecule has 7 heteroatoms. The second kappa shape index (κ2) is 7.06. The molecule has 3 N–H and O–H groups in total. The molecule has 0 saturated carbocycles. The average molecular weight is 320 g/mol. The van der Waals surface area contributed by atoms with Gasteiger partial charge in [0.15, 0.2) is 0 Å².